The third-order valence-corrected chi connectivity index (χ3v) is 1.62. The highest BCUT2D eigenvalue weighted by atomic mass is 35.5. The highest BCUT2D eigenvalue weighted by Crippen LogP contribution is 2.08. The summed E-state index contributed by atoms with van der Waals surface area (Å²) in [7, 11) is 0. The highest BCUT2D eigenvalue weighted by molar-refractivity contribution is 6.30. The predicted molar refractivity (Wildman–Crippen MR) is 41.8 cm³/mol. The molecule has 0 saturated heterocycles. The van der Waals surface area contributed by atoms with E-state index in [9.17, 15) is 4.79 Å². The molecule has 1 heterocycles. The van der Waals surface area contributed by atoms with Gasteiger partial charge < -0.3 is 0 Å². The van der Waals surface area contributed by atoms with Gasteiger partial charge in [-0.05, 0) is 6.92 Å². The lowest BCUT2D eigenvalue weighted by Gasteiger charge is -1.96. The summed E-state index contributed by atoms with van der Waals surface area (Å²) in [6, 6.07) is 0. The Kier molecular flexibility index (Phi) is 2.19. The molecule has 0 unspecified atom stereocenters. The van der Waals surface area contributed by atoms with Crippen LogP contribution in [-0.4, -0.2) is 15.8 Å². The van der Waals surface area contributed by atoms with Crippen LogP contribution < -0.4 is 0 Å². The third kappa shape index (κ3) is 1.74. The molecule has 0 N–H and O–H groups in total. The first-order valence-electron chi connectivity index (χ1n) is 3.11. The summed E-state index contributed by atoms with van der Waals surface area (Å²) in [6.45, 7) is 3.16. The first-order valence-corrected chi connectivity index (χ1v) is 3.49. The maximum atomic E-state index is 10.7. The van der Waals surface area contributed by atoms with Crippen molar-refractivity contribution in [3.05, 3.63) is 22.7 Å². The van der Waals surface area contributed by atoms with E-state index in [4.69, 9.17) is 11.6 Å². The van der Waals surface area contributed by atoms with Crippen LogP contribution in [0.2, 0.25) is 5.15 Å². The number of hydrogen-bond acceptors (Lipinski definition) is 3. The molecular weight excluding hydrogens is 164 g/mol. The fraction of sp³-hybridized carbons (Fsp3) is 0.286. The quantitative estimate of drug-likeness (QED) is 0.602. The summed E-state index contributed by atoms with van der Waals surface area (Å²) in [5.41, 5.74) is 0.942. The van der Waals surface area contributed by atoms with Gasteiger partial charge in [-0.3, -0.25) is 9.78 Å². The van der Waals surface area contributed by atoms with Crippen LogP contribution in [0.3, 0.4) is 0 Å². The average molecular weight is 171 g/mol. The molecule has 0 aliphatic rings. The monoisotopic (exact) mass is 170 g/mol. The number of nitrogens with zero attached hydrogens (tertiary/aromatic N) is 2. The molecule has 0 aliphatic carbocycles. The molecule has 0 fully saturated rings. The molecule has 11 heavy (non-hydrogen) atoms. The van der Waals surface area contributed by atoms with Crippen LogP contribution in [-0.2, 0) is 0 Å². The van der Waals surface area contributed by atoms with Crippen molar-refractivity contribution < 1.29 is 4.79 Å². The number of hydrogen-bond donors (Lipinski definition) is 0. The van der Waals surface area contributed by atoms with E-state index >= 15 is 0 Å². The Morgan fingerprint density at radius 1 is 1.64 bits per heavy atom. The molecule has 1 aromatic heterocycles. The van der Waals surface area contributed by atoms with Crippen LogP contribution in [0, 0.1) is 6.92 Å². The highest BCUT2D eigenvalue weighted by Gasteiger charge is 2.03. The van der Waals surface area contributed by atoms with Crippen molar-refractivity contribution in [3.8, 4) is 0 Å². The van der Waals surface area contributed by atoms with Gasteiger partial charge in [0.05, 0.1) is 11.9 Å². The minimum Gasteiger partial charge on any atom is -0.293 e. The number of carbonyl (C=O) groups excluding carboxylic acids is 1. The topological polar surface area (TPSA) is 42.9 Å². The van der Waals surface area contributed by atoms with Crippen molar-refractivity contribution in [1.29, 1.82) is 0 Å². The Morgan fingerprint density at radius 2 is 2.27 bits per heavy atom. The maximum absolute atomic E-state index is 10.7. The zero-order valence-electron chi connectivity index (χ0n) is 6.26. The second-order valence-electron chi connectivity index (χ2n) is 2.19. The Hall–Kier alpha value is -0.960. The van der Waals surface area contributed by atoms with Crippen LogP contribution in [0.4, 0.5) is 0 Å². The van der Waals surface area contributed by atoms with E-state index in [1.54, 1.807) is 6.92 Å². The molecule has 0 spiro atoms. The number of halogens is 1. The van der Waals surface area contributed by atoms with Gasteiger partial charge in [0, 0.05) is 6.92 Å². The van der Waals surface area contributed by atoms with Crippen LogP contribution in [0.15, 0.2) is 6.20 Å². The predicted octanol–water partition coefficient (Wildman–Crippen LogP) is 1.64. The number of ketones is 1. The fourth-order valence-corrected chi connectivity index (χ4v) is 0.736. The standard InChI is InChI=1S/C7H7ClN2O/c1-4-7(8)10-6(3-9-4)5(2)11/h3H,1-2H3. The molecule has 0 radical (unpaired) electrons. The van der Waals surface area contributed by atoms with Crippen molar-refractivity contribution in [1.82, 2.24) is 9.97 Å². The van der Waals surface area contributed by atoms with E-state index in [1.807, 2.05) is 0 Å². The van der Waals surface area contributed by atoms with Crippen LogP contribution in [0.5, 0.6) is 0 Å². The lowest BCUT2D eigenvalue weighted by Crippen LogP contribution is -1.99. The fourth-order valence-electron chi connectivity index (χ4n) is 0.596. The molecule has 0 aromatic carbocycles. The molecule has 0 atom stereocenters. The van der Waals surface area contributed by atoms with Crippen molar-refractivity contribution >= 4 is 17.4 Å². The first-order chi connectivity index (χ1) is 5.11. The van der Waals surface area contributed by atoms with Crippen LogP contribution >= 0.6 is 11.6 Å². The lowest BCUT2D eigenvalue weighted by molar-refractivity contribution is 0.101. The van der Waals surface area contributed by atoms with Gasteiger partial charge in [0.2, 0.25) is 0 Å². The number of carbonyl (C=O) groups is 1. The molecular formula is C7H7ClN2O. The normalized spacial score (nSPS) is 9.73. The van der Waals surface area contributed by atoms with Gasteiger partial charge >= 0.3 is 0 Å². The summed E-state index contributed by atoms with van der Waals surface area (Å²) in [5.74, 6) is -0.126. The molecule has 1 aromatic rings. The minimum atomic E-state index is -0.126. The molecule has 4 heteroatoms. The van der Waals surface area contributed by atoms with Crippen molar-refractivity contribution in [2.24, 2.45) is 0 Å². The number of rotatable bonds is 1. The molecule has 0 amide bonds. The van der Waals surface area contributed by atoms with Crippen LogP contribution in [0.1, 0.15) is 23.1 Å². The molecule has 58 valence electrons. The second-order valence-corrected chi connectivity index (χ2v) is 2.55. The molecule has 0 aliphatic heterocycles. The summed E-state index contributed by atoms with van der Waals surface area (Å²) in [6.07, 6.45) is 1.42. The average Bonchev–Trinajstić information content (AvgIpc) is 1.94. The van der Waals surface area contributed by atoms with Gasteiger partial charge in [-0.15, -0.1) is 0 Å². The van der Waals surface area contributed by atoms with E-state index in [0.29, 0.717) is 11.4 Å². The molecule has 3 nitrogen and oxygen atoms in total. The zero-order valence-corrected chi connectivity index (χ0v) is 7.01. The van der Waals surface area contributed by atoms with Crippen molar-refractivity contribution in [2.75, 3.05) is 0 Å². The smallest absolute Gasteiger partial charge is 0.179 e. The lowest BCUT2D eigenvalue weighted by atomic mass is 10.3. The van der Waals surface area contributed by atoms with E-state index in [1.165, 1.54) is 13.1 Å². The van der Waals surface area contributed by atoms with Crippen LogP contribution in [0.25, 0.3) is 0 Å². The van der Waals surface area contributed by atoms with Gasteiger partial charge in [-0.1, -0.05) is 11.6 Å². The first kappa shape index (κ1) is 8.14. The molecule has 0 saturated carbocycles. The number of aryl methyl sites for hydroxylation is 1. The summed E-state index contributed by atoms with van der Waals surface area (Å²) >= 11 is 5.63. The Labute approximate surface area is 69.4 Å². The SMILES string of the molecule is CC(=O)c1cnc(C)c(Cl)n1. The summed E-state index contributed by atoms with van der Waals surface area (Å²) < 4.78 is 0. The summed E-state index contributed by atoms with van der Waals surface area (Å²) in [5, 5.41) is 0.290. The van der Waals surface area contributed by atoms with E-state index in [0.717, 1.165) is 0 Å². The Bertz CT molecular complexity index is 298. The second kappa shape index (κ2) is 2.96. The van der Waals surface area contributed by atoms with E-state index in [-0.39, 0.29) is 10.9 Å². The number of aromatic nitrogens is 2. The summed E-state index contributed by atoms with van der Waals surface area (Å²) in [4.78, 5) is 18.5. The van der Waals surface area contributed by atoms with Gasteiger partial charge in [0.1, 0.15) is 5.69 Å². The Balaban J connectivity index is 3.15. The maximum Gasteiger partial charge on any atom is 0.179 e. The Morgan fingerprint density at radius 3 is 2.73 bits per heavy atom. The number of Topliss-reactive ketones (excluding diaryl/α,β-unsaturated/α-hetero) is 1. The van der Waals surface area contributed by atoms with Gasteiger partial charge in [0.15, 0.2) is 10.9 Å². The van der Waals surface area contributed by atoms with E-state index < -0.39 is 0 Å². The van der Waals surface area contributed by atoms with Gasteiger partial charge in [0.25, 0.3) is 0 Å². The van der Waals surface area contributed by atoms with Gasteiger partial charge in [-0.2, -0.15) is 0 Å². The van der Waals surface area contributed by atoms with Crippen molar-refractivity contribution in [2.45, 2.75) is 13.8 Å². The molecule has 1 rings (SSSR count). The third-order valence-electron chi connectivity index (χ3n) is 1.26. The van der Waals surface area contributed by atoms with Gasteiger partial charge in [-0.25, -0.2) is 4.98 Å². The largest absolute Gasteiger partial charge is 0.293 e. The van der Waals surface area contributed by atoms with Crippen molar-refractivity contribution in [3.63, 3.8) is 0 Å². The molecule has 0 bridgehead atoms. The van der Waals surface area contributed by atoms with E-state index in [2.05, 4.69) is 9.97 Å². The zero-order chi connectivity index (χ0) is 8.43. The minimum absolute atomic E-state index is 0.126.